The molecule has 0 N–H and O–H groups in total. The van der Waals surface area contributed by atoms with Crippen molar-refractivity contribution in [3.05, 3.63) is 36.8 Å². The zero-order valence-electron chi connectivity index (χ0n) is 7.66. The minimum absolute atomic E-state index is 0.233. The number of hydrogen-bond acceptors (Lipinski definition) is 2. The lowest BCUT2D eigenvalue weighted by molar-refractivity contribution is -0.118. The Balaban J connectivity index is 2.22. The molecule has 1 aromatic rings. The lowest BCUT2D eigenvalue weighted by Gasteiger charge is -1.96. The fraction of sp³-hybridized carbons (Fsp3) is 0.364. The van der Waals surface area contributed by atoms with Crippen molar-refractivity contribution in [3.63, 3.8) is 0 Å². The fourth-order valence-corrected chi connectivity index (χ4v) is 1.14. The predicted molar refractivity (Wildman–Crippen MR) is 51.5 cm³/mol. The van der Waals surface area contributed by atoms with E-state index in [2.05, 4.69) is 6.58 Å². The zero-order chi connectivity index (χ0) is 9.52. The number of carbonyl (C=O) groups is 1. The number of unbranched alkanes of at least 4 members (excludes halogenated alkanes) is 1. The maximum atomic E-state index is 11.3. The van der Waals surface area contributed by atoms with Crippen molar-refractivity contribution in [1.29, 1.82) is 0 Å². The van der Waals surface area contributed by atoms with Crippen molar-refractivity contribution in [3.8, 4) is 0 Å². The monoisotopic (exact) mass is 178 g/mol. The van der Waals surface area contributed by atoms with E-state index in [1.54, 1.807) is 12.3 Å². The van der Waals surface area contributed by atoms with Gasteiger partial charge in [0.15, 0.2) is 0 Å². The van der Waals surface area contributed by atoms with Crippen LogP contribution in [0.3, 0.4) is 0 Å². The minimum Gasteiger partial charge on any atom is -0.469 e. The Morgan fingerprint density at radius 1 is 1.62 bits per heavy atom. The molecule has 1 heterocycles. The summed E-state index contributed by atoms with van der Waals surface area (Å²) in [5, 5.41) is 0. The van der Waals surface area contributed by atoms with Crippen LogP contribution < -0.4 is 0 Å². The second-order valence-corrected chi connectivity index (χ2v) is 2.98. The molecule has 0 aliphatic rings. The molecule has 0 spiro atoms. The minimum atomic E-state index is 0.233. The van der Waals surface area contributed by atoms with Gasteiger partial charge in [0.1, 0.15) is 11.5 Å². The molecular formula is C11H14O2. The van der Waals surface area contributed by atoms with Crippen LogP contribution in [0.5, 0.6) is 0 Å². The summed E-state index contributed by atoms with van der Waals surface area (Å²) in [7, 11) is 0. The van der Waals surface area contributed by atoms with Crippen molar-refractivity contribution in [2.24, 2.45) is 0 Å². The normalized spacial score (nSPS) is 9.85. The third-order valence-electron chi connectivity index (χ3n) is 1.82. The quantitative estimate of drug-likeness (QED) is 0.495. The van der Waals surface area contributed by atoms with Gasteiger partial charge in [-0.2, -0.15) is 0 Å². The molecule has 0 atom stereocenters. The van der Waals surface area contributed by atoms with Gasteiger partial charge in [0.2, 0.25) is 0 Å². The summed E-state index contributed by atoms with van der Waals surface area (Å²) >= 11 is 0. The second-order valence-electron chi connectivity index (χ2n) is 2.98. The van der Waals surface area contributed by atoms with Crippen LogP contribution in [0.2, 0.25) is 0 Å². The van der Waals surface area contributed by atoms with Gasteiger partial charge in [-0.25, -0.2) is 0 Å². The molecule has 2 nitrogen and oxygen atoms in total. The highest BCUT2D eigenvalue weighted by molar-refractivity contribution is 5.80. The van der Waals surface area contributed by atoms with Crippen molar-refractivity contribution in [1.82, 2.24) is 0 Å². The van der Waals surface area contributed by atoms with E-state index < -0.39 is 0 Å². The van der Waals surface area contributed by atoms with Gasteiger partial charge in [0, 0.05) is 6.42 Å². The molecule has 70 valence electrons. The standard InChI is InChI=1S/C11H14O2/c1-2-3-4-6-10(12)9-11-7-5-8-13-11/h2,5,7-8H,1,3-4,6,9H2. The Kier molecular flexibility index (Phi) is 4.03. The van der Waals surface area contributed by atoms with E-state index in [1.807, 2.05) is 12.1 Å². The van der Waals surface area contributed by atoms with Crippen LogP contribution >= 0.6 is 0 Å². The van der Waals surface area contributed by atoms with Gasteiger partial charge in [-0.1, -0.05) is 6.08 Å². The van der Waals surface area contributed by atoms with Gasteiger partial charge in [0.05, 0.1) is 12.7 Å². The summed E-state index contributed by atoms with van der Waals surface area (Å²) in [6.45, 7) is 3.60. The van der Waals surface area contributed by atoms with Gasteiger partial charge in [-0.3, -0.25) is 4.79 Å². The molecule has 1 aromatic heterocycles. The van der Waals surface area contributed by atoms with Gasteiger partial charge in [-0.05, 0) is 25.0 Å². The summed E-state index contributed by atoms with van der Waals surface area (Å²) < 4.78 is 5.07. The van der Waals surface area contributed by atoms with Crippen LogP contribution in [-0.2, 0) is 11.2 Å². The molecule has 0 amide bonds. The summed E-state index contributed by atoms with van der Waals surface area (Å²) in [6, 6.07) is 3.62. The van der Waals surface area contributed by atoms with E-state index >= 15 is 0 Å². The number of ketones is 1. The first-order valence-electron chi connectivity index (χ1n) is 4.48. The number of furan rings is 1. The highest BCUT2D eigenvalue weighted by atomic mass is 16.3. The highest BCUT2D eigenvalue weighted by Crippen LogP contribution is 2.05. The topological polar surface area (TPSA) is 30.2 Å². The lowest BCUT2D eigenvalue weighted by atomic mass is 10.1. The van der Waals surface area contributed by atoms with Gasteiger partial charge < -0.3 is 4.42 Å². The molecule has 0 unspecified atom stereocenters. The van der Waals surface area contributed by atoms with Crippen LogP contribution in [-0.4, -0.2) is 5.78 Å². The first kappa shape index (κ1) is 9.78. The number of allylic oxidation sites excluding steroid dienone is 1. The molecule has 0 aliphatic carbocycles. The third-order valence-corrected chi connectivity index (χ3v) is 1.82. The molecule has 2 heteroatoms. The molecule has 0 saturated carbocycles. The number of rotatable bonds is 6. The molecule has 0 bridgehead atoms. The van der Waals surface area contributed by atoms with Gasteiger partial charge >= 0.3 is 0 Å². The molecule has 0 aromatic carbocycles. The maximum absolute atomic E-state index is 11.3. The van der Waals surface area contributed by atoms with E-state index in [9.17, 15) is 4.79 Å². The van der Waals surface area contributed by atoms with Gasteiger partial charge in [-0.15, -0.1) is 6.58 Å². The van der Waals surface area contributed by atoms with Crippen molar-refractivity contribution >= 4 is 5.78 Å². The Morgan fingerprint density at radius 2 is 2.46 bits per heavy atom. The van der Waals surface area contributed by atoms with Crippen molar-refractivity contribution < 1.29 is 9.21 Å². The smallest absolute Gasteiger partial charge is 0.140 e. The number of carbonyl (C=O) groups excluding carboxylic acids is 1. The molecule has 13 heavy (non-hydrogen) atoms. The van der Waals surface area contributed by atoms with E-state index in [4.69, 9.17) is 4.42 Å². The van der Waals surface area contributed by atoms with Crippen LogP contribution in [0, 0.1) is 0 Å². The Labute approximate surface area is 78.3 Å². The first-order chi connectivity index (χ1) is 6.33. The molecule has 0 saturated heterocycles. The average Bonchev–Trinajstić information content (AvgIpc) is 2.57. The summed E-state index contributed by atoms with van der Waals surface area (Å²) in [5.74, 6) is 0.986. The molecule has 1 rings (SSSR count). The fourth-order valence-electron chi connectivity index (χ4n) is 1.14. The molecular weight excluding hydrogens is 164 g/mol. The summed E-state index contributed by atoms with van der Waals surface area (Å²) in [6.07, 6.45) is 6.26. The number of hydrogen-bond donors (Lipinski definition) is 0. The Bertz CT molecular complexity index is 260. The third kappa shape index (κ3) is 3.74. The Hall–Kier alpha value is -1.31. The SMILES string of the molecule is C=CCCCC(=O)Cc1ccco1. The average molecular weight is 178 g/mol. The molecule has 0 radical (unpaired) electrons. The summed E-state index contributed by atoms with van der Waals surface area (Å²) in [4.78, 5) is 11.3. The largest absolute Gasteiger partial charge is 0.469 e. The van der Waals surface area contributed by atoms with Crippen molar-refractivity contribution in [2.45, 2.75) is 25.7 Å². The van der Waals surface area contributed by atoms with Crippen LogP contribution in [0.15, 0.2) is 35.5 Å². The van der Waals surface area contributed by atoms with Gasteiger partial charge in [0.25, 0.3) is 0 Å². The molecule has 0 aliphatic heterocycles. The predicted octanol–water partition coefficient (Wildman–Crippen LogP) is 2.75. The van der Waals surface area contributed by atoms with E-state index in [0.717, 1.165) is 18.6 Å². The van der Waals surface area contributed by atoms with Crippen LogP contribution in [0.25, 0.3) is 0 Å². The zero-order valence-corrected chi connectivity index (χ0v) is 7.66. The molecule has 0 fully saturated rings. The number of Topliss-reactive ketones (excluding diaryl/α,β-unsaturated/α-hetero) is 1. The van der Waals surface area contributed by atoms with Crippen LogP contribution in [0.1, 0.15) is 25.0 Å². The first-order valence-corrected chi connectivity index (χ1v) is 4.48. The van der Waals surface area contributed by atoms with E-state index in [0.29, 0.717) is 12.8 Å². The lowest BCUT2D eigenvalue weighted by Crippen LogP contribution is -2.00. The van der Waals surface area contributed by atoms with E-state index in [-0.39, 0.29) is 5.78 Å². The maximum Gasteiger partial charge on any atom is 0.140 e. The second kappa shape index (κ2) is 5.36. The van der Waals surface area contributed by atoms with Crippen LogP contribution in [0.4, 0.5) is 0 Å². The van der Waals surface area contributed by atoms with E-state index in [1.165, 1.54) is 0 Å². The summed E-state index contributed by atoms with van der Waals surface area (Å²) in [5.41, 5.74) is 0. The van der Waals surface area contributed by atoms with Crippen molar-refractivity contribution in [2.75, 3.05) is 0 Å². The Morgan fingerprint density at radius 3 is 3.08 bits per heavy atom. The highest BCUT2D eigenvalue weighted by Gasteiger charge is 2.04.